The van der Waals surface area contributed by atoms with E-state index in [-0.39, 0.29) is 23.4 Å². The molecule has 0 saturated carbocycles. The number of nitrogens with one attached hydrogen (secondary N) is 1. The van der Waals surface area contributed by atoms with E-state index < -0.39 is 29.7 Å². The molecule has 9 heteroatoms. The van der Waals surface area contributed by atoms with Crippen molar-refractivity contribution < 1.29 is 28.7 Å². The van der Waals surface area contributed by atoms with Gasteiger partial charge in [-0.15, -0.1) is 0 Å². The molecule has 1 N–H and O–H groups in total. The highest BCUT2D eigenvalue weighted by molar-refractivity contribution is 6.24. The molecule has 0 bridgehead atoms. The second kappa shape index (κ2) is 10.1. The van der Waals surface area contributed by atoms with Gasteiger partial charge in [-0.25, -0.2) is 9.91 Å². The molecular weight excluding hydrogens is 450 g/mol. The number of carbonyl (C=O) groups is 4. The third kappa shape index (κ3) is 4.70. The summed E-state index contributed by atoms with van der Waals surface area (Å²) in [6, 6.07) is 19.9. The molecule has 0 aromatic heterocycles. The summed E-state index contributed by atoms with van der Waals surface area (Å²) in [4.78, 5) is 53.9. The normalized spacial score (nSPS) is 15.0. The lowest BCUT2D eigenvalue weighted by atomic mass is 10.1. The number of rotatable bonds is 6. The molecule has 1 fully saturated rings. The molecule has 4 rings (SSSR count). The maximum Gasteiger partial charge on any atom is 0.273 e. The minimum absolute atomic E-state index is 0.186. The van der Waals surface area contributed by atoms with Crippen LogP contribution in [0.15, 0.2) is 78.9 Å². The maximum atomic E-state index is 13.5. The largest absolute Gasteiger partial charge is 0.497 e. The van der Waals surface area contributed by atoms with Gasteiger partial charge >= 0.3 is 0 Å². The molecule has 1 aliphatic heterocycles. The summed E-state index contributed by atoms with van der Waals surface area (Å²) in [7, 11) is 2.88. The summed E-state index contributed by atoms with van der Waals surface area (Å²) < 4.78 is 10.6. The van der Waals surface area contributed by atoms with Gasteiger partial charge in [-0.1, -0.05) is 36.4 Å². The van der Waals surface area contributed by atoms with Crippen LogP contribution >= 0.6 is 0 Å². The molecule has 0 aliphatic carbocycles. The third-order valence-corrected chi connectivity index (χ3v) is 5.56. The number of hydrogen-bond acceptors (Lipinski definition) is 6. The number of benzene rings is 3. The summed E-state index contributed by atoms with van der Waals surface area (Å²) in [6.07, 6.45) is -0.327. The van der Waals surface area contributed by atoms with Gasteiger partial charge in [0.25, 0.3) is 17.7 Å². The number of imide groups is 1. The summed E-state index contributed by atoms with van der Waals surface area (Å²) in [5, 5.41) is 0.928. The lowest BCUT2D eigenvalue weighted by molar-refractivity contribution is -0.122. The van der Waals surface area contributed by atoms with Crippen LogP contribution in [0.3, 0.4) is 0 Å². The number of hydrogen-bond donors (Lipinski definition) is 1. The third-order valence-electron chi connectivity index (χ3n) is 5.56. The Labute approximate surface area is 201 Å². The van der Waals surface area contributed by atoms with Gasteiger partial charge in [0, 0.05) is 17.2 Å². The zero-order valence-electron chi connectivity index (χ0n) is 19.1. The number of amides is 4. The molecular formula is C26H23N3O6. The highest BCUT2D eigenvalue weighted by Gasteiger charge is 2.46. The number of methoxy groups -OCH3 is 2. The maximum absolute atomic E-state index is 13.5. The van der Waals surface area contributed by atoms with E-state index in [2.05, 4.69) is 5.43 Å². The molecule has 178 valence electrons. The van der Waals surface area contributed by atoms with Crippen LogP contribution in [0.5, 0.6) is 11.5 Å². The average molecular weight is 473 g/mol. The molecule has 9 nitrogen and oxygen atoms in total. The van der Waals surface area contributed by atoms with Crippen molar-refractivity contribution in [2.24, 2.45) is 0 Å². The monoisotopic (exact) mass is 473 g/mol. The molecule has 4 amide bonds. The molecule has 3 aromatic rings. The summed E-state index contributed by atoms with van der Waals surface area (Å²) in [6.45, 7) is 0. The van der Waals surface area contributed by atoms with E-state index in [1.165, 1.54) is 20.3 Å². The van der Waals surface area contributed by atoms with E-state index in [1.807, 2.05) is 0 Å². The molecule has 0 radical (unpaired) electrons. The Morgan fingerprint density at radius 3 is 2.11 bits per heavy atom. The fourth-order valence-electron chi connectivity index (χ4n) is 3.80. The van der Waals surface area contributed by atoms with Crippen molar-refractivity contribution in [2.45, 2.75) is 12.5 Å². The van der Waals surface area contributed by atoms with E-state index >= 15 is 0 Å². The van der Waals surface area contributed by atoms with Gasteiger partial charge in [0.1, 0.15) is 17.5 Å². The van der Waals surface area contributed by atoms with Crippen molar-refractivity contribution in [3.63, 3.8) is 0 Å². The summed E-state index contributed by atoms with van der Waals surface area (Å²) in [5.41, 5.74) is 3.26. The predicted octanol–water partition coefficient (Wildman–Crippen LogP) is 2.82. The lowest BCUT2D eigenvalue weighted by Crippen LogP contribution is -2.54. The van der Waals surface area contributed by atoms with Crippen LogP contribution in [0.2, 0.25) is 0 Å². The number of nitrogens with zero attached hydrogens (tertiary/aromatic N) is 2. The fourth-order valence-corrected chi connectivity index (χ4v) is 3.80. The van der Waals surface area contributed by atoms with Crippen molar-refractivity contribution in [3.8, 4) is 11.5 Å². The zero-order valence-corrected chi connectivity index (χ0v) is 19.1. The molecule has 1 aliphatic rings. The van der Waals surface area contributed by atoms with Crippen molar-refractivity contribution in [1.82, 2.24) is 10.4 Å². The molecule has 1 saturated heterocycles. The van der Waals surface area contributed by atoms with Gasteiger partial charge in [-0.2, -0.15) is 0 Å². The molecule has 0 spiro atoms. The van der Waals surface area contributed by atoms with Crippen LogP contribution in [0.25, 0.3) is 0 Å². The Morgan fingerprint density at radius 1 is 0.886 bits per heavy atom. The van der Waals surface area contributed by atoms with E-state index in [4.69, 9.17) is 9.47 Å². The van der Waals surface area contributed by atoms with Crippen LogP contribution in [0, 0.1) is 0 Å². The number of anilines is 1. The average Bonchev–Trinajstić information content (AvgIpc) is 3.20. The van der Waals surface area contributed by atoms with E-state index in [0.717, 1.165) is 9.91 Å². The van der Waals surface area contributed by atoms with Crippen molar-refractivity contribution in [1.29, 1.82) is 0 Å². The zero-order chi connectivity index (χ0) is 24.9. The second-order valence-electron chi connectivity index (χ2n) is 7.67. The Morgan fingerprint density at radius 2 is 1.51 bits per heavy atom. The van der Waals surface area contributed by atoms with Gasteiger partial charge in [-0.05, 0) is 36.4 Å². The predicted molar refractivity (Wildman–Crippen MR) is 127 cm³/mol. The minimum atomic E-state index is -1.27. The van der Waals surface area contributed by atoms with Crippen LogP contribution in [-0.4, -0.2) is 48.9 Å². The molecule has 1 heterocycles. The summed E-state index contributed by atoms with van der Waals surface area (Å²) in [5.74, 6) is -1.75. The fraction of sp³-hybridized carbons (Fsp3) is 0.154. The van der Waals surface area contributed by atoms with Crippen molar-refractivity contribution in [2.75, 3.05) is 19.1 Å². The van der Waals surface area contributed by atoms with Crippen LogP contribution in [0.1, 0.15) is 27.1 Å². The van der Waals surface area contributed by atoms with E-state index in [0.29, 0.717) is 11.3 Å². The Bertz CT molecular complexity index is 1260. The SMILES string of the molecule is COc1ccc(OC)c(N2C(=O)CC(N(NC(=O)c3ccccc3)C(=O)c3ccccc3)C2=O)c1. The minimum Gasteiger partial charge on any atom is -0.497 e. The number of hydrazine groups is 1. The standard InChI is InChI=1S/C26H23N3O6/c1-34-19-13-14-22(35-2)20(15-19)28-23(30)16-21(26(28)33)29(25(32)18-11-7-4-8-12-18)27-24(31)17-9-5-3-6-10-17/h3-15,21H,16H2,1-2H3,(H,27,31). The summed E-state index contributed by atoms with van der Waals surface area (Å²) >= 11 is 0. The highest BCUT2D eigenvalue weighted by atomic mass is 16.5. The van der Waals surface area contributed by atoms with Gasteiger partial charge < -0.3 is 9.47 Å². The first-order valence-corrected chi connectivity index (χ1v) is 10.8. The van der Waals surface area contributed by atoms with Crippen LogP contribution < -0.4 is 19.8 Å². The first-order chi connectivity index (χ1) is 16.9. The van der Waals surface area contributed by atoms with Crippen molar-refractivity contribution >= 4 is 29.3 Å². The second-order valence-corrected chi connectivity index (χ2v) is 7.67. The smallest absolute Gasteiger partial charge is 0.273 e. The quantitative estimate of drug-likeness (QED) is 0.436. The Balaban J connectivity index is 1.71. The van der Waals surface area contributed by atoms with E-state index in [9.17, 15) is 19.2 Å². The lowest BCUT2D eigenvalue weighted by Gasteiger charge is -2.28. The number of carbonyl (C=O) groups excluding carboxylic acids is 4. The van der Waals surface area contributed by atoms with Gasteiger partial charge in [0.05, 0.1) is 26.3 Å². The molecule has 1 unspecified atom stereocenters. The topological polar surface area (TPSA) is 105 Å². The van der Waals surface area contributed by atoms with Crippen LogP contribution in [0.4, 0.5) is 5.69 Å². The first-order valence-electron chi connectivity index (χ1n) is 10.8. The first kappa shape index (κ1) is 23.5. The van der Waals surface area contributed by atoms with Gasteiger partial charge in [0.15, 0.2) is 0 Å². The van der Waals surface area contributed by atoms with Gasteiger partial charge in [-0.3, -0.25) is 24.6 Å². The van der Waals surface area contributed by atoms with Gasteiger partial charge in [0.2, 0.25) is 5.91 Å². The molecule has 1 atom stereocenters. The van der Waals surface area contributed by atoms with Crippen LogP contribution in [-0.2, 0) is 9.59 Å². The number of ether oxygens (including phenoxy) is 2. The molecule has 3 aromatic carbocycles. The highest BCUT2D eigenvalue weighted by Crippen LogP contribution is 2.36. The Kier molecular flexibility index (Phi) is 6.77. The molecule has 35 heavy (non-hydrogen) atoms. The van der Waals surface area contributed by atoms with E-state index in [1.54, 1.807) is 72.8 Å². The van der Waals surface area contributed by atoms with Crippen molar-refractivity contribution in [3.05, 3.63) is 90.0 Å². The Hall–Kier alpha value is -4.66.